The molecule has 2 aromatic heterocycles. The molecule has 1 atom stereocenters. The average molecular weight is 495 g/mol. The van der Waals surface area contributed by atoms with E-state index in [9.17, 15) is 18.0 Å². The molecule has 10 heteroatoms. The second kappa shape index (κ2) is 9.60. The molecule has 0 radical (unpaired) electrons. The molecule has 1 amide bonds. The number of benzene rings is 2. The highest BCUT2D eigenvalue weighted by Gasteiger charge is 2.31. The fraction of sp³-hybridized carbons (Fsp3) is 0.308. The Hall–Kier alpha value is -3.95. The van der Waals surface area contributed by atoms with E-state index in [2.05, 4.69) is 20.4 Å². The molecule has 1 fully saturated rings. The lowest BCUT2D eigenvalue weighted by atomic mass is 10.00. The fourth-order valence-corrected chi connectivity index (χ4v) is 4.63. The van der Waals surface area contributed by atoms with E-state index in [0.29, 0.717) is 41.4 Å². The number of nitrogens with one attached hydrogen (secondary N) is 1. The van der Waals surface area contributed by atoms with E-state index in [1.54, 1.807) is 37.0 Å². The highest BCUT2D eigenvalue weighted by molar-refractivity contribution is 5.99. The first-order valence-corrected chi connectivity index (χ1v) is 11.8. The minimum absolute atomic E-state index is 0.129. The van der Waals surface area contributed by atoms with Crippen molar-refractivity contribution in [1.82, 2.24) is 24.6 Å². The minimum Gasteiger partial charge on any atom is -0.366 e. The van der Waals surface area contributed by atoms with Crippen LogP contribution in [0, 0.1) is 24.4 Å². The molecule has 4 aromatic rings. The van der Waals surface area contributed by atoms with Crippen LogP contribution in [0.4, 0.5) is 19.0 Å². The van der Waals surface area contributed by atoms with E-state index in [-0.39, 0.29) is 28.8 Å². The SMILES string of the molecule is Cc1nc2cc(F)c(F)cc2nc1NC[C@@H]1CCCCN1C(=O)c1nn(C)cc1-c1ccc(F)cc1. The van der Waals surface area contributed by atoms with Crippen molar-refractivity contribution in [2.45, 2.75) is 32.2 Å². The summed E-state index contributed by atoms with van der Waals surface area (Å²) >= 11 is 0. The van der Waals surface area contributed by atoms with Crippen molar-refractivity contribution in [2.24, 2.45) is 7.05 Å². The van der Waals surface area contributed by atoms with E-state index in [4.69, 9.17) is 0 Å². The van der Waals surface area contributed by atoms with Crippen LogP contribution < -0.4 is 5.32 Å². The van der Waals surface area contributed by atoms with Crippen LogP contribution in [0.15, 0.2) is 42.6 Å². The van der Waals surface area contributed by atoms with Gasteiger partial charge in [-0.2, -0.15) is 5.10 Å². The van der Waals surface area contributed by atoms with Gasteiger partial charge in [-0.25, -0.2) is 23.1 Å². The number of rotatable bonds is 5. The molecule has 0 saturated carbocycles. The van der Waals surface area contributed by atoms with Gasteiger partial charge in [0, 0.05) is 50.1 Å². The summed E-state index contributed by atoms with van der Waals surface area (Å²) in [4.78, 5) is 24.2. The molecule has 1 aliphatic heterocycles. The van der Waals surface area contributed by atoms with Gasteiger partial charge in [-0.05, 0) is 43.9 Å². The Kier molecular flexibility index (Phi) is 6.34. The van der Waals surface area contributed by atoms with E-state index in [1.807, 2.05) is 4.90 Å². The zero-order valence-corrected chi connectivity index (χ0v) is 19.9. The first kappa shape index (κ1) is 23.8. The Bertz CT molecular complexity index is 1440. The number of aromatic nitrogens is 4. The molecule has 1 N–H and O–H groups in total. The Balaban J connectivity index is 1.38. The molecule has 0 unspecified atom stereocenters. The van der Waals surface area contributed by atoms with Gasteiger partial charge in [0.25, 0.3) is 5.91 Å². The number of halogens is 3. The predicted octanol–water partition coefficient (Wildman–Crippen LogP) is 4.86. The lowest BCUT2D eigenvalue weighted by Crippen LogP contribution is -2.47. The second-order valence-electron chi connectivity index (χ2n) is 9.01. The van der Waals surface area contributed by atoms with Gasteiger partial charge >= 0.3 is 0 Å². The Morgan fingerprint density at radius 2 is 1.75 bits per heavy atom. The van der Waals surface area contributed by atoms with Crippen molar-refractivity contribution in [3.8, 4) is 11.1 Å². The zero-order valence-electron chi connectivity index (χ0n) is 19.9. The zero-order chi connectivity index (χ0) is 25.4. The highest BCUT2D eigenvalue weighted by atomic mass is 19.2. The van der Waals surface area contributed by atoms with Crippen LogP contribution in [0.1, 0.15) is 35.4 Å². The molecule has 36 heavy (non-hydrogen) atoms. The van der Waals surface area contributed by atoms with Gasteiger partial charge in [-0.3, -0.25) is 9.48 Å². The second-order valence-corrected chi connectivity index (χ2v) is 9.01. The van der Waals surface area contributed by atoms with Gasteiger partial charge in [0.05, 0.1) is 16.7 Å². The molecule has 0 bridgehead atoms. The summed E-state index contributed by atoms with van der Waals surface area (Å²) in [6, 6.07) is 7.91. The van der Waals surface area contributed by atoms with Gasteiger partial charge in [-0.15, -0.1) is 0 Å². The van der Waals surface area contributed by atoms with Crippen molar-refractivity contribution >= 4 is 22.8 Å². The summed E-state index contributed by atoms with van der Waals surface area (Å²) in [5, 5.41) is 7.68. The van der Waals surface area contributed by atoms with Crippen LogP contribution in [0.25, 0.3) is 22.2 Å². The maximum Gasteiger partial charge on any atom is 0.275 e. The first-order valence-electron chi connectivity index (χ1n) is 11.8. The van der Waals surface area contributed by atoms with Crippen LogP contribution in [-0.4, -0.2) is 49.7 Å². The topological polar surface area (TPSA) is 75.9 Å². The number of piperidine rings is 1. The summed E-state index contributed by atoms with van der Waals surface area (Å²) < 4.78 is 42.3. The molecule has 3 heterocycles. The quantitative estimate of drug-likeness (QED) is 0.429. The van der Waals surface area contributed by atoms with Crippen LogP contribution in [0.5, 0.6) is 0 Å². The smallest absolute Gasteiger partial charge is 0.275 e. The number of aryl methyl sites for hydroxylation is 2. The Morgan fingerprint density at radius 1 is 1.06 bits per heavy atom. The Morgan fingerprint density at radius 3 is 2.47 bits per heavy atom. The normalized spacial score (nSPS) is 15.9. The predicted molar refractivity (Wildman–Crippen MR) is 130 cm³/mol. The van der Waals surface area contributed by atoms with Gasteiger partial charge < -0.3 is 10.2 Å². The van der Waals surface area contributed by atoms with Gasteiger partial charge in [-0.1, -0.05) is 12.1 Å². The highest BCUT2D eigenvalue weighted by Crippen LogP contribution is 2.27. The van der Waals surface area contributed by atoms with Crippen molar-refractivity contribution in [3.05, 3.63) is 71.4 Å². The van der Waals surface area contributed by atoms with Gasteiger partial charge in [0.2, 0.25) is 0 Å². The molecule has 1 aliphatic rings. The maximum absolute atomic E-state index is 13.7. The number of carbonyl (C=O) groups is 1. The third-order valence-corrected chi connectivity index (χ3v) is 6.46. The van der Waals surface area contributed by atoms with Crippen LogP contribution in [0.2, 0.25) is 0 Å². The van der Waals surface area contributed by atoms with Crippen LogP contribution >= 0.6 is 0 Å². The van der Waals surface area contributed by atoms with Gasteiger partial charge in [0.1, 0.15) is 11.6 Å². The average Bonchev–Trinajstić information content (AvgIpc) is 3.25. The third kappa shape index (κ3) is 4.62. The molecule has 2 aromatic carbocycles. The lowest BCUT2D eigenvalue weighted by molar-refractivity contribution is 0.0622. The lowest BCUT2D eigenvalue weighted by Gasteiger charge is -2.35. The monoisotopic (exact) mass is 494 g/mol. The van der Waals surface area contributed by atoms with E-state index in [0.717, 1.165) is 31.4 Å². The molecule has 1 saturated heterocycles. The van der Waals surface area contributed by atoms with Crippen molar-refractivity contribution in [3.63, 3.8) is 0 Å². The molecule has 0 spiro atoms. The minimum atomic E-state index is -0.983. The summed E-state index contributed by atoms with van der Waals surface area (Å²) in [6.45, 7) is 2.73. The number of amides is 1. The number of hydrogen-bond acceptors (Lipinski definition) is 5. The first-order chi connectivity index (χ1) is 17.3. The van der Waals surface area contributed by atoms with E-state index in [1.165, 1.54) is 12.1 Å². The molecule has 186 valence electrons. The molecule has 5 rings (SSSR count). The summed E-state index contributed by atoms with van der Waals surface area (Å²) in [7, 11) is 1.74. The molecule has 7 nitrogen and oxygen atoms in total. The summed E-state index contributed by atoms with van der Waals surface area (Å²) in [6.07, 6.45) is 4.39. The number of hydrogen-bond donors (Lipinski definition) is 1. The number of fused-ring (bicyclic) bond motifs is 1. The number of anilines is 1. The van der Waals surface area contributed by atoms with Crippen LogP contribution in [0.3, 0.4) is 0 Å². The Labute approximate surface area is 206 Å². The maximum atomic E-state index is 13.7. The molecular weight excluding hydrogens is 469 g/mol. The summed E-state index contributed by atoms with van der Waals surface area (Å²) in [5.74, 6) is -2.04. The van der Waals surface area contributed by atoms with E-state index < -0.39 is 11.6 Å². The molecule has 0 aliphatic carbocycles. The fourth-order valence-electron chi connectivity index (χ4n) is 4.63. The number of nitrogens with zero attached hydrogens (tertiary/aromatic N) is 5. The van der Waals surface area contributed by atoms with Crippen molar-refractivity contribution in [2.75, 3.05) is 18.4 Å². The van der Waals surface area contributed by atoms with Crippen molar-refractivity contribution < 1.29 is 18.0 Å². The third-order valence-electron chi connectivity index (χ3n) is 6.46. The standard InChI is InChI=1S/C26H25F3N6O/c1-15-25(32-23-12-21(29)20(28)11-22(23)31-15)30-13-18-5-3-4-10-35(18)26(36)24-19(14-34(2)33-24)16-6-8-17(27)9-7-16/h6-9,11-12,14,18H,3-5,10,13H2,1-2H3,(H,30,32)/t18-/m0/s1. The number of carbonyl (C=O) groups excluding carboxylic acids is 1. The molecular formula is C26H25F3N6O. The number of likely N-dealkylation sites (tertiary alicyclic amines) is 1. The van der Waals surface area contributed by atoms with E-state index >= 15 is 0 Å². The van der Waals surface area contributed by atoms with Crippen molar-refractivity contribution in [1.29, 1.82) is 0 Å². The largest absolute Gasteiger partial charge is 0.366 e. The van der Waals surface area contributed by atoms with Gasteiger partial charge in [0.15, 0.2) is 17.3 Å². The van der Waals surface area contributed by atoms with Crippen LogP contribution in [-0.2, 0) is 7.05 Å². The summed E-state index contributed by atoms with van der Waals surface area (Å²) in [5.41, 5.74) is 2.74.